The van der Waals surface area contributed by atoms with Gasteiger partial charge in [0.15, 0.2) is 0 Å². The quantitative estimate of drug-likeness (QED) is 0.194. The predicted octanol–water partition coefficient (Wildman–Crippen LogP) is -3.21. The second-order valence-electron chi connectivity index (χ2n) is 5.62. The van der Waals surface area contributed by atoms with Gasteiger partial charge in [-0.15, -0.1) is 0 Å². The molecule has 0 radical (unpaired) electrons. The van der Waals surface area contributed by atoms with Gasteiger partial charge < -0.3 is 35.9 Å². The predicted molar refractivity (Wildman–Crippen MR) is 100 cm³/mol. The number of hydrogen-bond donors (Lipinski definition) is 2. The van der Waals surface area contributed by atoms with Gasteiger partial charge in [0.05, 0.1) is 0 Å². The fraction of sp³-hybridized carbons (Fsp3) is 0.500. The van der Waals surface area contributed by atoms with E-state index in [1.807, 2.05) is 26.0 Å². The monoisotopic (exact) mass is 408 g/mol. The number of aryl methyl sites for hydroxylation is 2. The van der Waals surface area contributed by atoms with Crippen molar-refractivity contribution in [1.29, 1.82) is 0 Å². The molecular formula is C16H22N6Na2S2. The Morgan fingerprint density at radius 1 is 0.692 bits per heavy atom. The van der Waals surface area contributed by atoms with E-state index in [0.717, 1.165) is 61.8 Å². The second-order valence-corrected chi connectivity index (χ2v) is 6.35. The number of rotatable bonds is 9. The third-order valence-corrected chi connectivity index (χ3v) is 3.75. The van der Waals surface area contributed by atoms with Gasteiger partial charge in [-0.05, 0) is 26.7 Å². The van der Waals surface area contributed by atoms with Crippen molar-refractivity contribution in [1.82, 2.24) is 19.9 Å². The summed E-state index contributed by atoms with van der Waals surface area (Å²) in [5, 5.41) is 7.38. The first-order valence-electron chi connectivity index (χ1n) is 8.06. The molecule has 0 aliphatic carbocycles. The summed E-state index contributed by atoms with van der Waals surface area (Å²) in [6.07, 6.45) is 4.51. The molecule has 2 aromatic rings. The Balaban J connectivity index is 0.00000312. The Labute approximate surface area is 211 Å². The molecule has 0 saturated heterocycles. The van der Waals surface area contributed by atoms with Crippen molar-refractivity contribution in [3.63, 3.8) is 0 Å². The largest absolute Gasteiger partial charge is 1.00 e. The van der Waals surface area contributed by atoms with Crippen molar-refractivity contribution in [3.05, 3.63) is 23.5 Å². The Kier molecular flexibility index (Phi) is 14.3. The van der Waals surface area contributed by atoms with Gasteiger partial charge in [0.2, 0.25) is 0 Å². The van der Waals surface area contributed by atoms with Crippen molar-refractivity contribution in [2.24, 2.45) is 0 Å². The molecule has 2 N–H and O–H groups in total. The maximum atomic E-state index is 5.01. The number of hydrogen-bond acceptors (Lipinski definition) is 8. The van der Waals surface area contributed by atoms with Crippen molar-refractivity contribution in [3.8, 4) is 0 Å². The summed E-state index contributed by atoms with van der Waals surface area (Å²) in [6.45, 7) is 5.62. The molecule has 0 unspecified atom stereocenters. The summed E-state index contributed by atoms with van der Waals surface area (Å²) < 4.78 is 0. The van der Waals surface area contributed by atoms with Crippen LogP contribution in [0.5, 0.6) is 0 Å². The third-order valence-electron chi connectivity index (χ3n) is 3.38. The van der Waals surface area contributed by atoms with E-state index in [-0.39, 0.29) is 59.1 Å². The molecule has 10 heteroatoms. The molecule has 0 amide bonds. The van der Waals surface area contributed by atoms with E-state index in [1.165, 1.54) is 0 Å². The van der Waals surface area contributed by atoms with Gasteiger partial charge in [-0.3, -0.25) is 9.97 Å². The van der Waals surface area contributed by atoms with Crippen LogP contribution in [-0.2, 0) is 25.3 Å². The number of nitrogens with zero attached hydrogens (tertiary/aromatic N) is 4. The first-order chi connectivity index (χ1) is 11.5. The minimum atomic E-state index is 0. The van der Waals surface area contributed by atoms with Crippen LogP contribution in [0.3, 0.4) is 0 Å². The van der Waals surface area contributed by atoms with Gasteiger partial charge in [0.25, 0.3) is 0 Å². The van der Waals surface area contributed by atoms with E-state index in [0.29, 0.717) is 10.3 Å². The van der Waals surface area contributed by atoms with Crippen LogP contribution in [0, 0.1) is 13.8 Å². The van der Waals surface area contributed by atoms with Crippen LogP contribution in [0.15, 0.2) is 22.4 Å². The SMILES string of the molecule is Cc1cc(NCCCCCCNc2cc(C)nc([S-])n2)nc([S-])n1.[Na+].[Na+]. The average molecular weight is 409 g/mol. The normalized spacial score (nSPS) is 9.77. The van der Waals surface area contributed by atoms with E-state index >= 15 is 0 Å². The van der Waals surface area contributed by atoms with Crippen LogP contribution in [0.1, 0.15) is 37.1 Å². The van der Waals surface area contributed by atoms with Gasteiger partial charge >= 0.3 is 59.1 Å². The summed E-state index contributed by atoms with van der Waals surface area (Å²) in [5.41, 5.74) is 1.79. The van der Waals surface area contributed by atoms with Crippen molar-refractivity contribution in [2.75, 3.05) is 23.7 Å². The van der Waals surface area contributed by atoms with Crippen LogP contribution in [0.25, 0.3) is 0 Å². The Bertz CT molecular complexity index is 577. The maximum absolute atomic E-state index is 5.01. The average Bonchev–Trinajstić information content (AvgIpc) is 2.48. The number of aromatic nitrogens is 4. The van der Waals surface area contributed by atoms with Gasteiger partial charge in [-0.2, -0.15) is 0 Å². The van der Waals surface area contributed by atoms with E-state index < -0.39 is 0 Å². The molecule has 0 aromatic carbocycles. The molecule has 2 heterocycles. The molecule has 2 rings (SSSR count). The van der Waals surface area contributed by atoms with Gasteiger partial charge in [0, 0.05) is 46.9 Å². The van der Waals surface area contributed by atoms with Crippen molar-refractivity contribution in [2.45, 2.75) is 49.8 Å². The first kappa shape index (κ1) is 26.2. The molecule has 2 aromatic heterocycles. The number of nitrogens with one attached hydrogen (secondary N) is 2. The number of unbranched alkanes of at least 4 members (excludes halogenated alkanes) is 3. The number of anilines is 2. The maximum Gasteiger partial charge on any atom is 1.00 e. The van der Waals surface area contributed by atoms with Gasteiger partial charge in [-0.1, -0.05) is 12.8 Å². The standard InChI is InChI=1S/C16H24N6S2.2Na/c1-11-9-13(21-15(23)19-11)17-7-5-3-4-6-8-18-14-10-12(2)20-16(24)22-14;;/h9-10H,3-8H2,1-2H3,(H2,17,19,21,23)(H2,18,20,22,24);;/q;2*+1/p-2. The van der Waals surface area contributed by atoms with Crippen molar-refractivity contribution >= 4 is 36.9 Å². The molecule has 0 atom stereocenters. The fourth-order valence-electron chi connectivity index (χ4n) is 2.30. The minimum absolute atomic E-state index is 0. The molecule has 0 bridgehead atoms. The van der Waals surface area contributed by atoms with Crippen LogP contribution in [0.2, 0.25) is 0 Å². The summed E-state index contributed by atoms with van der Waals surface area (Å²) in [6, 6.07) is 3.83. The zero-order valence-corrected chi connectivity index (χ0v) is 21.6. The van der Waals surface area contributed by atoms with Crippen LogP contribution in [-0.4, -0.2) is 33.0 Å². The molecular weight excluding hydrogens is 386 g/mol. The fourth-order valence-corrected chi connectivity index (χ4v) is 2.78. The Hall–Kier alpha value is 0.200. The minimum Gasteiger partial charge on any atom is -0.740 e. The van der Waals surface area contributed by atoms with E-state index in [1.54, 1.807) is 0 Å². The third kappa shape index (κ3) is 10.5. The van der Waals surface area contributed by atoms with Crippen LogP contribution in [0.4, 0.5) is 11.6 Å². The zero-order chi connectivity index (χ0) is 17.4. The van der Waals surface area contributed by atoms with Gasteiger partial charge in [-0.25, -0.2) is 9.97 Å². The summed E-state index contributed by atoms with van der Waals surface area (Å²) in [4.78, 5) is 16.6. The molecule has 0 saturated carbocycles. The Morgan fingerprint density at radius 2 is 1.08 bits per heavy atom. The van der Waals surface area contributed by atoms with Crippen molar-refractivity contribution < 1.29 is 59.1 Å². The smallest absolute Gasteiger partial charge is 0.740 e. The first-order valence-corrected chi connectivity index (χ1v) is 8.88. The molecule has 0 spiro atoms. The molecule has 130 valence electrons. The molecule has 0 aliphatic heterocycles. The molecule has 0 aliphatic rings. The molecule has 26 heavy (non-hydrogen) atoms. The Morgan fingerprint density at radius 3 is 1.42 bits per heavy atom. The van der Waals surface area contributed by atoms with Crippen LogP contribution >= 0.6 is 0 Å². The van der Waals surface area contributed by atoms with Gasteiger partial charge in [0.1, 0.15) is 11.6 Å². The molecule has 6 nitrogen and oxygen atoms in total. The zero-order valence-electron chi connectivity index (χ0n) is 16.0. The van der Waals surface area contributed by atoms with E-state index in [4.69, 9.17) is 25.3 Å². The van der Waals surface area contributed by atoms with E-state index in [2.05, 4.69) is 30.6 Å². The molecule has 0 fully saturated rings. The second kappa shape index (κ2) is 14.2. The topological polar surface area (TPSA) is 75.6 Å². The summed E-state index contributed by atoms with van der Waals surface area (Å²) >= 11 is 10.0. The summed E-state index contributed by atoms with van der Waals surface area (Å²) in [5.74, 6) is 1.63. The summed E-state index contributed by atoms with van der Waals surface area (Å²) in [7, 11) is 0. The van der Waals surface area contributed by atoms with Crippen LogP contribution < -0.4 is 69.7 Å². The van der Waals surface area contributed by atoms with E-state index in [9.17, 15) is 0 Å².